The molecule has 0 radical (unpaired) electrons. The van der Waals surface area contributed by atoms with Crippen molar-refractivity contribution in [2.24, 2.45) is 11.7 Å². The van der Waals surface area contributed by atoms with Crippen LogP contribution >= 0.6 is 0 Å². The molecule has 1 unspecified atom stereocenters. The zero-order valence-electron chi connectivity index (χ0n) is 14.7. The number of nitro benzene ring substituents is 1. The predicted octanol–water partition coefficient (Wildman–Crippen LogP) is 2.22. The van der Waals surface area contributed by atoms with Gasteiger partial charge in [-0.25, -0.2) is 4.79 Å². The number of carbonyl (C=O) groups is 2. The van der Waals surface area contributed by atoms with Crippen molar-refractivity contribution in [1.82, 2.24) is 4.90 Å². The lowest BCUT2D eigenvalue weighted by Crippen LogP contribution is -2.24. The highest BCUT2D eigenvalue weighted by Gasteiger charge is 2.22. The molecule has 25 heavy (non-hydrogen) atoms. The van der Waals surface area contributed by atoms with Crippen LogP contribution in [0.1, 0.15) is 30.1 Å². The zero-order valence-corrected chi connectivity index (χ0v) is 14.7. The Morgan fingerprint density at radius 3 is 2.64 bits per heavy atom. The molecule has 0 aliphatic rings. The van der Waals surface area contributed by atoms with Crippen LogP contribution in [0.4, 0.5) is 16.2 Å². The van der Waals surface area contributed by atoms with Crippen LogP contribution in [-0.4, -0.2) is 49.1 Å². The summed E-state index contributed by atoms with van der Waals surface area (Å²) in [6, 6.07) is 4.41. The van der Waals surface area contributed by atoms with Crippen molar-refractivity contribution in [2.45, 2.75) is 19.8 Å². The first kappa shape index (κ1) is 20.2. The smallest absolute Gasteiger partial charge is 0.404 e. The van der Waals surface area contributed by atoms with Gasteiger partial charge in [0.25, 0.3) is 11.6 Å². The maximum Gasteiger partial charge on any atom is 0.404 e. The van der Waals surface area contributed by atoms with E-state index < -0.39 is 11.0 Å². The summed E-state index contributed by atoms with van der Waals surface area (Å²) >= 11 is 0. The van der Waals surface area contributed by atoms with Gasteiger partial charge in [0.05, 0.1) is 17.1 Å². The predicted molar refractivity (Wildman–Crippen MR) is 93.5 cm³/mol. The average Bonchev–Trinajstić information content (AvgIpc) is 2.55. The van der Waals surface area contributed by atoms with Gasteiger partial charge >= 0.3 is 6.09 Å². The van der Waals surface area contributed by atoms with Crippen LogP contribution in [0.25, 0.3) is 0 Å². The van der Waals surface area contributed by atoms with Crippen molar-refractivity contribution < 1.29 is 19.2 Å². The van der Waals surface area contributed by atoms with Gasteiger partial charge in [-0.05, 0) is 24.8 Å². The summed E-state index contributed by atoms with van der Waals surface area (Å²) in [5.41, 5.74) is 5.21. The zero-order chi connectivity index (χ0) is 19.0. The lowest BCUT2D eigenvalue weighted by Gasteiger charge is -2.17. The fourth-order valence-electron chi connectivity index (χ4n) is 2.28. The van der Waals surface area contributed by atoms with Crippen molar-refractivity contribution >= 4 is 23.4 Å². The first-order valence-corrected chi connectivity index (χ1v) is 7.89. The molecule has 0 fully saturated rings. The van der Waals surface area contributed by atoms with Gasteiger partial charge in [-0.15, -0.1) is 0 Å². The first-order valence-electron chi connectivity index (χ1n) is 7.89. The maximum absolute atomic E-state index is 12.3. The summed E-state index contributed by atoms with van der Waals surface area (Å²) in [5, 5.41) is 14.3. The van der Waals surface area contributed by atoms with E-state index in [1.807, 2.05) is 6.92 Å². The van der Waals surface area contributed by atoms with Gasteiger partial charge in [0.15, 0.2) is 0 Å². The van der Waals surface area contributed by atoms with E-state index in [2.05, 4.69) is 10.1 Å². The Kier molecular flexibility index (Phi) is 7.64. The Bertz CT molecular complexity index is 633. The van der Waals surface area contributed by atoms with Crippen LogP contribution in [0, 0.1) is 16.0 Å². The molecule has 1 rings (SSSR count). The first-order chi connectivity index (χ1) is 11.7. The molecule has 0 heterocycles. The number of nitrogens with one attached hydrogen (secondary N) is 1. The quantitative estimate of drug-likeness (QED) is 0.398. The highest BCUT2D eigenvalue weighted by molar-refractivity contribution is 6.01. The number of anilines is 1. The van der Waals surface area contributed by atoms with Gasteiger partial charge < -0.3 is 20.7 Å². The van der Waals surface area contributed by atoms with Crippen molar-refractivity contribution in [3.8, 4) is 0 Å². The van der Waals surface area contributed by atoms with Crippen molar-refractivity contribution in [3.63, 3.8) is 0 Å². The van der Waals surface area contributed by atoms with E-state index in [4.69, 9.17) is 5.73 Å². The lowest BCUT2D eigenvalue weighted by molar-refractivity contribution is -0.384. The minimum Gasteiger partial charge on any atom is -0.450 e. The van der Waals surface area contributed by atoms with Gasteiger partial charge in [-0.1, -0.05) is 13.0 Å². The Morgan fingerprint density at radius 2 is 2.08 bits per heavy atom. The number of carbonyl (C=O) groups excluding carboxylic acids is 2. The number of rotatable bonds is 9. The van der Waals surface area contributed by atoms with Crippen LogP contribution in [0.3, 0.4) is 0 Å². The van der Waals surface area contributed by atoms with Crippen LogP contribution in [-0.2, 0) is 4.74 Å². The lowest BCUT2D eigenvalue weighted by atomic mass is 10.0. The van der Waals surface area contributed by atoms with E-state index in [1.54, 1.807) is 20.2 Å². The number of para-hydroxylation sites is 1. The van der Waals surface area contributed by atoms with Crippen LogP contribution in [0.5, 0.6) is 0 Å². The molecule has 9 heteroatoms. The Labute approximate surface area is 146 Å². The molecule has 0 saturated heterocycles. The third-order valence-electron chi connectivity index (χ3n) is 3.59. The number of nitrogens with zero attached hydrogens (tertiary/aromatic N) is 2. The normalized spacial score (nSPS) is 11.5. The Morgan fingerprint density at radius 1 is 1.40 bits per heavy atom. The van der Waals surface area contributed by atoms with Gasteiger partial charge in [0.2, 0.25) is 0 Å². The number of primary amides is 1. The van der Waals surface area contributed by atoms with Gasteiger partial charge in [-0.3, -0.25) is 14.9 Å². The third-order valence-corrected chi connectivity index (χ3v) is 3.59. The molecule has 0 bridgehead atoms. The molecular formula is C16H24N4O5. The number of hydrogen-bond donors (Lipinski definition) is 2. The molecule has 0 saturated carbocycles. The van der Waals surface area contributed by atoms with E-state index in [0.29, 0.717) is 13.0 Å². The molecule has 9 nitrogen and oxygen atoms in total. The van der Waals surface area contributed by atoms with Gasteiger partial charge in [0.1, 0.15) is 5.69 Å². The molecular weight excluding hydrogens is 328 g/mol. The van der Waals surface area contributed by atoms with Crippen LogP contribution in [0.15, 0.2) is 18.2 Å². The van der Waals surface area contributed by atoms with Gasteiger partial charge in [0, 0.05) is 26.7 Å². The maximum atomic E-state index is 12.3. The summed E-state index contributed by atoms with van der Waals surface area (Å²) in [7, 11) is 3.18. The summed E-state index contributed by atoms with van der Waals surface area (Å²) in [6.07, 6.45) is 0.557. The Hall–Kier alpha value is -2.84. The molecule has 1 aromatic carbocycles. The fourth-order valence-corrected chi connectivity index (χ4v) is 2.28. The van der Waals surface area contributed by atoms with Gasteiger partial charge in [-0.2, -0.15) is 0 Å². The highest BCUT2D eigenvalue weighted by Crippen LogP contribution is 2.29. The summed E-state index contributed by atoms with van der Waals surface area (Å²) in [6.45, 7) is 2.63. The molecule has 138 valence electrons. The summed E-state index contributed by atoms with van der Waals surface area (Å²) in [4.78, 5) is 34.9. The number of benzene rings is 1. The number of amides is 2. The average molecular weight is 352 g/mol. The minimum absolute atomic E-state index is 0.142. The van der Waals surface area contributed by atoms with Crippen LogP contribution in [0.2, 0.25) is 0 Å². The van der Waals surface area contributed by atoms with Crippen molar-refractivity contribution in [3.05, 3.63) is 33.9 Å². The SMILES string of the molecule is CC(CCCOC(N)=O)CNc1c(C(=O)N(C)C)cccc1[N+](=O)[O-]. The van der Waals surface area contributed by atoms with E-state index in [0.717, 1.165) is 6.42 Å². The van der Waals surface area contributed by atoms with E-state index in [-0.39, 0.29) is 35.4 Å². The number of hydrogen-bond acceptors (Lipinski definition) is 6. The van der Waals surface area contributed by atoms with E-state index in [9.17, 15) is 19.7 Å². The standard InChI is InChI=1S/C16H24N4O5/c1-11(6-5-9-25-16(17)22)10-18-14-12(15(21)19(2)3)7-4-8-13(14)20(23)24/h4,7-8,11,18H,5-6,9-10H2,1-3H3,(H2,17,22). The molecule has 3 N–H and O–H groups in total. The second-order valence-corrected chi connectivity index (χ2v) is 5.95. The molecule has 1 aromatic rings. The minimum atomic E-state index is -0.808. The molecule has 1 atom stereocenters. The van der Waals surface area contributed by atoms with Crippen molar-refractivity contribution in [2.75, 3.05) is 32.6 Å². The number of nitro groups is 1. The van der Waals surface area contributed by atoms with Crippen molar-refractivity contribution in [1.29, 1.82) is 0 Å². The molecule has 0 aromatic heterocycles. The summed E-state index contributed by atoms with van der Waals surface area (Å²) in [5.74, 6) is -0.160. The highest BCUT2D eigenvalue weighted by atomic mass is 16.6. The molecule has 0 spiro atoms. The monoisotopic (exact) mass is 352 g/mol. The molecule has 0 aliphatic heterocycles. The molecule has 0 aliphatic carbocycles. The van der Waals surface area contributed by atoms with E-state index >= 15 is 0 Å². The second-order valence-electron chi connectivity index (χ2n) is 5.95. The fraction of sp³-hybridized carbons (Fsp3) is 0.500. The largest absolute Gasteiger partial charge is 0.450 e. The third kappa shape index (κ3) is 6.28. The summed E-state index contributed by atoms with van der Waals surface area (Å²) < 4.78 is 4.66. The Balaban J connectivity index is 2.80. The van der Waals surface area contributed by atoms with E-state index in [1.165, 1.54) is 17.0 Å². The van der Waals surface area contributed by atoms with Crippen LogP contribution < -0.4 is 11.1 Å². The molecule has 2 amide bonds. The topological polar surface area (TPSA) is 128 Å². The number of ether oxygens (including phenoxy) is 1. The second kappa shape index (κ2) is 9.45. The number of nitrogens with two attached hydrogens (primary N) is 1.